The van der Waals surface area contributed by atoms with Crippen molar-refractivity contribution in [3.8, 4) is 0 Å². The first-order valence-corrected chi connectivity index (χ1v) is 6.39. The Kier molecular flexibility index (Phi) is 3.80. The van der Waals surface area contributed by atoms with E-state index in [2.05, 4.69) is 0 Å². The Morgan fingerprint density at radius 1 is 1.33 bits per heavy atom. The Balaban J connectivity index is 1.95. The molecule has 1 saturated carbocycles. The molecule has 0 spiro atoms. The normalized spacial score (nSPS) is 22.9. The molecule has 18 heavy (non-hydrogen) atoms. The van der Waals surface area contributed by atoms with E-state index in [4.69, 9.17) is 5.11 Å². The van der Waals surface area contributed by atoms with E-state index in [1.54, 1.807) is 0 Å². The summed E-state index contributed by atoms with van der Waals surface area (Å²) >= 11 is 0. The van der Waals surface area contributed by atoms with E-state index in [9.17, 15) is 9.59 Å². The second kappa shape index (κ2) is 5.34. The van der Waals surface area contributed by atoms with Crippen LogP contribution in [0, 0.1) is 18.8 Å². The average Bonchev–Trinajstić information content (AvgIpc) is 2.77. The highest BCUT2D eigenvalue weighted by Crippen LogP contribution is 2.33. The van der Waals surface area contributed by atoms with Gasteiger partial charge < -0.3 is 5.11 Å². The van der Waals surface area contributed by atoms with Crippen molar-refractivity contribution in [1.29, 1.82) is 0 Å². The van der Waals surface area contributed by atoms with Gasteiger partial charge in [0.05, 0.1) is 5.92 Å². The van der Waals surface area contributed by atoms with Gasteiger partial charge in [-0.2, -0.15) is 0 Å². The van der Waals surface area contributed by atoms with Gasteiger partial charge in [-0.25, -0.2) is 0 Å². The van der Waals surface area contributed by atoms with Crippen LogP contribution in [0.15, 0.2) is 24.3 Å². The van der Waals surface area contributed by atoms with Gasteiger partial charge in [-0.15, -0.1) is 0 Å². The van der Waals surface area contributed by atoms with Gasteiger partial charge in [0.2, 0.25) is 0 Å². The lowest BCUT2D eigenvalue weighted by molar-refractivity contribution is -0.141. The van der Waals surface area contributed by atoms with Crippen molar-refractivity contribution in [2.24, 2.45) is 11.8 Å². The molecular weight excluding hydrogens is 228 g/mol. The molecule has 2 rings (SSSR count). The van der Waals surface area contributed by atoms with E-state index in [-0.39, 0.29) is 17.6 Å². The summed E-state index contributed by atoms with van der Waals surface area (Å²) in [7, 11) is 0. The van der Waals surface area contributed by atoms with Crippen molar-refractivity contribution in [2.45, 2.75) is 32.6 Å². The zero-order chi connectivity index (χ0) is 13.1. The largest absolute Gasteiger partial charge is 0.481 e. The molecule has 0 saturated heterocycles. The van der Waals surface area contributed by atoms with Crippen molar-refractivity contribution in [1.82, 2.24) is 0 Å². The van der Waals surface area contributed by atoms with Gasteiger partial charge in [-0.3, -0.25) is 9.59 Å². The van der Waals surface area contributed by atoms with Crippen LogP contribution in [0.3, 0.4) is 0 Å². The third-order valence-corrected chi connectivity index (χ3v) is 3.70. The molecule has 1 N–H and O–H groups in total. The zero-order valence-electron chi connectivity index (χ0n) is 10.6. The molecule has 96 valence electrons. The lowest BCUT2D eigenvalue weighted by atomic mass is 9.95. The fourth-order valence-corrected chi connectivity index (χ4v) is 2.68. The number of Topliss-reactive ketones (excluding diaryl/α,β-unsaturated/α-hetero) is 1. The van der Waals surface area contributed by atoms with Crippen LogP contribution in [0.5, 0.6) is 0 Å². The highest BCUT2D eigenvalue weighted by molar-refractivity contribution is 5.96. The number of carbonyl (C=O) groups excluding carboxylic acids is 1. The maximum absolute atomic E-state index is 12.1. The number of carbonyl (C=O) groups is 2. The number of hydrogen-bond donors (Lipinski definition) is 1. The fourth-order valence-electron chi connectivity index (χ4n) is 2.68. The second-order valence-corrected chi connectivity index (χ2v) is 5.21. The molecule has 0 bridgehead atoms. The minimum Gasteiger partial charge on any atom is -0.481 e. The molecule has 1 fully saturated rings. The van der Waals surface area contributed by atoms with Crippen molar-refractivity contribution in [2.75, 3.05) is 0 Å². The van der Waals surface area contributed by atoms with Crippen LogP contribution in [0.1, 0.15) is 41.6 Å². The summed E-state index contributed by atoms with van der Waals surface area (Å²) in [6.07, 6.45) is 2.69. The third-order valence-electron chi connectivity index (χ3n) is 3.70. The van der Waals surface area contributed by atoms with E-state index in [1.807, 2.05) is 31.2 Å². The van der Waals surface area contributed by atoms with Crippen molar-refractivity contribution in [3.63, 3.8) is 0 Å². The predicted molar refractivity (Wildman–Crippen MR) is 68.6 cm³/mol. The molecule has 0 radical (unpaired) electrons. The van der Waals surface area contributed by atoms with Crippen LogP contribution in [0.2, 0.25) is 0 Å². The Bertz CT molecular complexity index is 465. The van der Waals surface area contributed by atoms with Crippen LogP contribution in [0.25, 0.3) is 0 Å². The molecule has 1 aromatic rings. The molecule has 0 aromatic heterocycles. The summed E-state index contributed by atoms with van der Waals surface area (Å²) in [6.45, 7) is 1.97. The van der Waals surface area contributed by atoms with Gasteiger partial charge in [-0.05, 0) is 38.2 Å². The van der Waals surface area contributed by atoms with Crippen molar-refractivity contribution >= 4 is 11.8 Å². The van der Waals surface area contributed by atoms with E-state index >= 15 is 0 Å². The fraction of sp³-hybridized carbons (Fsp3) is 0.467. The third kappa shape index (κ3) is 2.97. The lowest BCUT2D eigenvalue weighted by Crippen LogP contribution is -2.11. The second-order valence-electron chi connectivity index (χ2n) is 5.21. The number of ketones is 1. The quantitative estimate of drug-likeness (QED) is 0.831. The van der Waals surface area contributed by atoms with Crippen LogP contribution in [-0.2, 0) is 4.79 Å². The molecule has 0 unspecified atom stereocenters. The lowest BCUT2D eigenvalue weighted by Gasteiger charge is -2.08. The Labute approximate surface area is 107 Å². The molecule has 0 heterocycles. The van der Waals surface area contributed by atoms with Gasteiger partial charge in [0.1, 0.15) is 0 Å². The first kappa shape index (κ1) is 12.8. The SMILES string of the molecule is Cc1cccc(C(=O)C[C@H]2CC[C@@H](C(=O)O)C2)c1. The van der Waals surface area contributed by atoms with E-state index < -0.39 is 5.97 Å². The number of aliphatic carboxylic acids is 1. The first-order chi connectivity index (χ1) is 8.56. The summed E-state index contributed by atoms with van der Waals surface area (Å²) in [6, 6.07) is 7.58. The minimum atomic E-state index is -0.722. The average molecular weight is 246 g/mol. The highest BCUT2D eigenvalue weighted by Gasteiger charge is 2.30. The molecule has 1 aliphatic rings. The molecular formula is C15H18O3. The number of hydrogen-bond acceptors (Lipinski definition) is 2. The van der Waals surface area contributed by atoms with Crippen LogP contribution in [-0.4, -0.2) is 16.9 Å². The minimum absolute atomic E-state index is 0.134. The van der Waals surface area contributed by atoms with Crippen LogP contribution < -0.4 is 0 Å². The molecule has 0 aliphatic heterocycles. The smallest absolute Gasteiger partial charge is 0.306 e. The van der Waals surface area contributed by atoms with Gasteiger partial charge in [0, 0.05) is 12.0 Å². The van der Waals surface area contributed by atoms with Crippen LogP contribution >= 0.6 is 0 Å². The number of aryl methyl sites for hydroxylation is 1. The summed E-state index contributed by atoms with van der Waals surface area (Å²) in [5.74, 6) is -0.602. The first-order valence-electron chi connectivity index (χ1n) is 6.39. The zero-order valence-corrected chi connectivity index (χ0v) is 10.6. The molecule has 2 atom stereocenters. The Morgan fingerprint density at radius 2 is 2.11 bits per heavy atom. The van der Waals surface area contributed by atoms with Crippen molar-refractivity contribution < 1.29 is 14.7 Å². The van der Waals surface area contributed by atoms with E-state index in [0.29, 0.717) is 19.3 Å². The maximum atomic E-state index is 12.1. The monoisotopic (exact) mass is 246 g/mol. The van der Waals surface area contributed by atoms with Gasteiger partial charge in [0.15, 0.2) is 5.78 Å². The van der Waals surface area contributed by atoms with Crippen molar-refractivity contribution in [3.05, 3.63) is 35.4 Å². The number of rotatable bonds is 4. The molecule has 1 aromatic carbocycles. The molecule has 0 amide bonds. The number of carboxylic acid groups (broad SMARTS) is 1. The molecule has 3 heteroatoms. The summed E-state index contributed by atoms with van der Waals surface area (Å²) in [4.78, 5) is 22.9. The predicted octanol–water partition coefficient (Wildman–Crippen LogP) is 3.07. The summed E-state index contributed by atoms with van der Waals surface area (Å²) in [5, 5.41) is 8.93. The molecule has 1 aliphatic carbocycles. The van der Waals surface area contributed by atoms with Crippen LogP contribution in [0.4, 0.5) is 0 Å². The standard InChI is InChI=1S/C15H18O3/c1-10-3-2-4-12(7-10)14(16)9-11-5-6-13(8-11)15(17)18/h2-4,7,11,13H,5-6,8-9H2,1H3,(H,17,18)/t11-,13+/m0/s1. The Hall–Kier alpha value is -1.64. The summed E-state index contributed by atoms with van der Waals surface area (Å²) < 4.78 is 0. The van der Waals surface area contributed by atoms with E-state index in [1.165, 1.54) is 0 Å². The maximum Gasteiger partial charge on any atom is 0.306 e. The number of benzene rings is 1. The molecule has 3 nitrogen and oxygen atoms in total. The van der Waals surface area contributed by atoms with Gasteiger partial charge >= 0.3 is 5.97 Å². The van der Waals surface area contributed by atoms with Gasteiger partial charge in [0.25, 0.3) is 0 Å². The Morgan fingerprint density at radius 3 is 2.72 bits per heavy atom. The topological polar surface area (TPSA) is 54.4 Å². The highest BCUT2D eigenvalue weighted by atomic mass is 16.4. The van der Waals surface area contributed by atoms with E-state index in [0.717, 1.165) is 17.5 Å². The van der Waals surface area contributed by atoms with Gasteiger partial charge in [-0.1, -0.05) is 23.8 Å². The summed E-state index contributed by atoms with van der Waals surface area (Å²) in [5.41, 5.74) is 1.82. The number of carboxylic acids is 1.